The zero-order valence-electron chi connectivity index (χ0n) is 9.32. The maximum absolute atomic E-state index is 12.0. The maximum Gasteiger partial charge on any atom is 0.417 e. The van der Waals surface area contributed by atoms with E-state index in [1.54, 1.807) is 0 Å². The van der Waals surface area contributed by atoms with Gasteiger partial charge in [-0.15, -0.1) is 12.4 Å². The third-order valence-electron chi connectivity index (χ3n) is 3.00. The number of carbonyl (C=O) groups is 2. The van der Waals surface area contributed by atoms with Gasteiger partial charge in [-0.1, -0.05) is 6.92 Å². The second kappa shape index (κ2) is 5.01. The van der Waals surface area contributed by atoms with E-state index in [1.807, 2.05) is 6.92 Å². The van der Waals surface area contributed by atoms with Crippen LogP contribution in [0.5, 0.6) is 0 Å². The molecule has 2 amide bonds. The van der Waals surface area contributed by atoms with E-state index in [0.29, 0.717) is 19.4 Å². The number of amides is 2. The van der Waals surface area contributed by atoms with E-state index in [-0.39, 0.29) is 18.3 Å². The molecule has 2 fully saturated rings. The fourth-order valence-corrected chi connectivity index (χ4v) is 2.16. The average Bonchev–Trinajstić information content (AvgIpc) is 2.45. The quantitative estimate of drug-likeness (QED) is 0.790. The molecular weight excluding hydrogens is 232 g/mol. The van der Waals surface area contributed by atoms with E-state index in [9.17, 15) is 9.59 Å². The summed E-state index contributed by atoms with van der Waals surface area (Å²) in [5.74, 6) is -0.143. The van der Waals surface area contributed by atoms with Gasteiger partial charge < -0.3 is 10.1 Å². The highest BCUT2D eigenvalue weighted by Crippen LogP contribution is 2.32. The van der Waals surface area contributed by atoms with Gasteiger partial charge >= 0.3 is 6.09 Å². The number of halogens is 1. The molecule has 6 heteroatoms. The van der Waals surface area contributed by atoms with E-state index in [2.05, 4.69) is 5.32 Å². The van der Waals surface area contributed by atoms with E-state index < -0.39 is 11.7 Å². The normalized spacial score (nSPS) is 23.2. The smallest absolute Gasteiger partial charge is 0.417 e. The third-order valence-corrected chi connectivity index (χ3v) is 3.00. The lowest BCUT2D eigenvalue weighted by atomic mass is 9.91. The number of carbonyl (C=O) groups excluding carboxylic acids is 2. The summed E-state index contributed by atoms with van der Waals surface area (Å²) in [4.78, 5) is 24.8. The van der Waals surface area contributed by atoms with Crippen molar-refractivity contribution in [2.24, 2.45) is 0 Å². The molecule has 2 saturated heterocycles. The van der Waals surface area contributed by atoms with Crippen molar-refractivity contribution in [1.29, 1.82) is 0 Å². The highest BCUT2D eigenvalue weighted by molar-refractivity contribution is 6.03. The summed E-state index contributed by atoms with van der Waals surface area (Å²) in [6, 6.07) is 0. The second-order valence-electron chi connectivity index (χ2n) is 4.07. The Morgan fingerprint density at radius 2 is 2.00 bits per heavy atom. The van der Waals surface area contributed by atoms with Gasteiger partial charge in [0, 0.05) is 19.4 Å². The summed E-state index contributed by atoms with van der Waals surface area (Å²) in [7, 11) is 0. The lowest BCUT2D eigenvalue weighted by Gasteiger charge is -2.29. The van der Waals surface area contributed by atoms with Gasteiger partial charge in [0.1, 0.15) is 0 Å². The number of rotatable bonds is 2. The monoisotopic (exact) mass is 248 g/mol. The van der Waals surface area contributed by atoms with Crippen LogP contribution in [0.3, 0.4) is 0 Å². The first-order valence-corrected chi connectivity index (χ1v) is 5.45. The zero-order valence-corrected chi connectivity index (χ0v) is 10.1. The van der Waals surface area contributed by atoms with Crippen molar-refractivity contribution in [1.82, 2.24) is 10.2 Å². The molecule has 5 nitrogen and oxygen atoms in total. The Bertz CT molecular complexity index is 290. The van der Waals surface area contributed by atoms with E-state index in [1.165, 1.54) is 4.90 Å². The Balaban J connectivity index is 0.00000128. The van der Waals surface area contributed by atoms with E-state index in [4.69, 9.17) is 4.74 Å². The molecule has 0 bridgehead atoms. The molecule has 0 saturated carbocycles. The van der Waals surface area contributed by atoms with Crippen LogP contribution in [0.4, 0.5) is 4.79 Å². The average molecular weight is 249 g/mol. The first-order chi connectivity index (χ1) is 7.19. The lowest BCUT2D eigenvalue weighted by Crippen LogP contribution is -2.48. The van der Waals surface area contributed by atoms with E-state index >= 15 is 0 Å². The molecule has 2 rings (SSSR count). The van der Waals surface area contributed by atoms with E-state index in [0.717, 1.165) is 19.5 Å². The highest BCUT2D eigenvalue weighted by atomic mass is 35.5. The number of nitrogens with one attached hydrogen (secondary N) is 1. The van der Waals surface area contributed by atoms with Crippen molar-refractivity contribution < 1.29 is 14.3 Å². The Morgan fingerprint density at radius 3 is 2.56 bits per heavy atom. The fourth-order valence-electron chi connectivity index (χ4n) is 2.16. The molecule has 0 atom stereocenters. The number of hydrogen-bond acceptors (Lipinski definition) is 4. The van der Waals surface area contributed by atoms with Crippen LogP contribution < -0.4 is 5.32 Å². The Hall–Kier alpha value is -0.810. The molecule has 92 valence electrons. The first-order valence-electron chi connectivity index (χ1n) is 5.45. The van der Waals surface area contributed by atoms with Crippen LogP contribution in [0.1, 0.15) is 26.2 Å². The minimum absolute atomic E-state index is 0. The third kappa shape index (κ3) is 2.01. The van der Waals surface area contributed by atoms with Crippen LogP contribution >= 0.6 is 12.4 Å². The van der Waals surface area contributed by atoms with Crippen LogP contribution in [0, 0.1) is 0 Å². The number of nitrogens with zero attached hydrogens (tertiary/aromatic N) is 1. The number of piperidine rings is 1. The SMILES string of the molecule is CCCN1C(=O)OC2(CCNCC2)C1=O.Cl. The van der Waals surface area contributed by atoms with Crippen molar-refractivity contribution >= 4 is 24.4 Å². The van der Waals surface area contributed by atoms with Crippen molar-refractivity contribution in [3.05, 3.63) is 0 Å². The lowest BCUT2D eigenvalue weighted by molar-refractivity contribution is -0.138. The van der Waals surface area contributed by atoms with Gasteiger partial charge in [-0.25, -0.2) is 9.69 Å². The first kappa shape index (κ1) is 13.3. The summed E-state index contributed by atoms with van der Waals surface area (Å²) in [5.41, 5.74) is -0.850. The zero-order chi connectivity index (χ0) is 10.9. The van der Waals surface area contributed by atoms with Crippen LogP contribution in [0.2, 0.25) is 0 Å². The van der Waals surface area contributed by atoms with Crippen molar-refractivity contribution in [3.8, 4) is 0 Å². The Morgan fingerprint density at radius 1 is 1.38 bits per heavy atom. The number of hydrogen-bond donors (Lipinski definition) is 1. The van der Waals surface area contributed by atoms with Gasteiger partial charge in [0.2, 0.25) is 0 Å². The molecule has 0 aromatic rings. The van der Waals surface area contributed by atoms with Crippen LogP contribution in [0.15, 0.2) is 0 Å². The molecule has 2 aliphatic heterocycles. The van der Waals surface area contributed by atoms with Crippen molar-refractivity contribution in [3.63, 3.8) is 0 Å². The summed E-state index contributed by atoms with van der Waals surface area (Å²) in [6.07, 6.45) is 1.49. The molecule has 1 spiro atoms. The predicted octanol–water partition coefficient (Wildman–Crippen LogP) is 0.919. The summed E-state index contributed by atoms with van der Waals surface area (Å²) < 4.78 is 5.26. The van der Waals surface area contributed by atoms with Gasteiger partial charge in [0.05, 0.1) is 0 Å². The molecule has 0 aromatic heterocycles. The largest absolute Gasteiger partial charge is 0.432 e. The molecule has 2 heterocycles. The minimum atomic E-state index is -0.850. The highest BCUT2D eigenvalue weighted by Gasteiger charge is 2.53. The van der Waals surface area contributed by atoms with Crippen LogP contribution in [-0.2, 0) is 9.53 Å². The molecule has 2 aliphatic rings. The number of ether oxygens (including phenoxy) is 1. The Kier molecular flexibility index (Phi) is 4.15. The summed E-state index contributed by atoms with van der Waals surface area (Å²) in [5, 5.41) is 3.16. The molecule has 16 heavy (non-hydrogen) atoms. The molecule has 0 radical (unpaired) electrons. The van der Waals surface area contributed by atoms with Gasteiger partial charge in [-0.3, -0.25) is 4.79 Å². The molecular formula is C10H17ClN2O3. The van der Waals surface area contributed by atoms with Crippen LogP contribution in [-0.4, -0.2) is 42.1 Å². The second-order valence-corrected chi connectivity index (χ2v) is 4.07. The standard InChI is InChI=1S/C10H16N2O3.ClH/c1-2-7-12-8(13)10(15-9(12)14)3-5-11-6-4-10;/h11H,2-7H2,1H3;1H. The molecule has 0 unspecified atom stereocenters. The van der Waals surface area contributed by atoms with Crippen molar-refractivity contribution in [2.75, 3.05) is 19.6 Å². The Labute approximate surface area is 101 Å². The number of imide groups is 1. The molecule has 0 aliphatic carbocycles. The van der Waals surface area contributed by atoms with Gasteiger partial charge in [-0.05, 0) is 19.5 Å². The predicted molar refractivity (Wildman–Crippen MR) is 60.6 cm³/mol. The summed E-state index contributed by atoms with van der Waals surface area (Å²) >= 11 is 0. The summed E-state index contributed by atoms with van der Waals surface area (Å²) in [6.45, 7) is 3.87. The minimum Gasteiger partial charge on any atom is -0.432 e. The van der Waals surface area contributed by atoms with Crippen molar-refractivity contribution in [2.45, 2.75) is 31.8 Å². The fraction of sp³-hybridized carbons (Fsp3) is 0.800. The van der Waals surface area contributed by atoms with Gasteiger partial charge in [-0.2, -0.15) is 0 Å². The van der Waals surface area contributed by atoms with Crippen LogP contribution in [0.25, 0.3) is 0 Å². The van der Waals surface area contributed by atoms with Gasteiger partial charge in [0.25, 0.3) is 5.91 Å². The van der Waals surface area contributed by atoms with Gasteiger partial charge in [0.15, 0.2) is 5.60 Å². The topological polar surface area (TPSA) is 58.6 Å². The molecule has 1 N–H and O–H groups in total. The molecule has 0 aromatic carbocycles. The maximum atomic E-state index is 12.0.